The van der Waals surface area contributed by atoms with E-state index in [4.69, 9.17) is 0 Å². The Bertz CT molecular complexity index is 1280. The Morgan fingerprint density at radius 1 is 1.06 bits per heavy atom. The van der Waals surface area contributed by atoms with Gasteiger partial charge in [-0.15, -0.1) is 0 Å². The lowest BCUT2D eigenvalue weighted by Crippen LogP contribution is -2.28. The molecule has 0 aliphatic carbocycles. The van der Waals surface area contributed by atoms with Gasteiger partial charge in [-0.1, -0.05) is 48.2 Å². The topological polar surface area (TPSA) is 99.7 Å². The number of benzene rings is 3. The Hall–Kier alpha value is -3.98. The second kappa shape index (κ2) is 11.0. The summed E-state index contributed by atoms with van der Waals surface area (Å²) in [4.78, 5) is 41.9. The summed E-state index contributed by atoms with van der Waals surface area (Å²) in [6.07, 6.45) is -0.0443. The first-order chi connectivity index (χ1) is 16.9. The number of carbonyl (C=O) groups is 3. The molecule has 9 heteroatoms. The van der Waals surface area contributed by atoms with Gasteiger partial charge in [-0.25, -0.2) is 9.38 Å². The Morgan fingerprint density at radius 3 is 2.60 bits per heavy atom. The number of hydrogen-bond acceptors (Lipinski definition) is 5. The second-order valence-electron chi connectivity index (χ2n) is 7.93. The summed E-state index contributed by atoms with van der Waals surface area (Å²) in [5.74, 6) is -1.37. The Labute approximate surface area is 206 Å². The van der Waals surface area contributed by atoms with E-state index in [9.17, 15) is 18.8 Å². The summed E-state index contributed by atoms with van der Waals surface area (Å²) >= 11 is 1.20. The van der Waals surface area contributed by atoms with Crippen molar-refractivity contribution in [3.8, 4) is 0 Å². The molecule has 0 saturated carbocycles. The maximum atomic E-state index is 13.5. The molecule has 3 aromatic rings. The number of rotatable bonds is 7. The van der Waals surface area contributed by atoms with Crippen LogP contribution < -0.4 is 16.0 Å². The van der Waals surface area contributed by atoms with Crippen LogP contribution in [0.15, 0.2) is 83.9 Å². The van der Waals surface area contributed by atoms with Gasteiger partial charge in [0, 0.05) is 17.7 Å². The van der Waals surface area contributed by atoms with Gasteiger partial charge in [0.15, 0.2) is 5.17 Å². The van der Waals surface area contributed by atoms with Gasteiger partial charge in [0.25, 0.3) is 5.91 Å². The van der Waals surface area contributed by atoms with Crippen LogP contribution in [0.2, 0.25) is 0 Å². The zero-order valence-corrected chi connectivity index (χ0v) is 19.6. The van der Waals surface area contributed by atoms with Crippen LogP contribution in [-0.2, 0) is 9.59 Å². The van der Waals surface area contributed by atoms with Gasteiger partial charge in [-0.05, 0) is 55.0 Å². The average molecular weight is 491 g/mol. The predicted molar refractivity (Wildman–Crippen MR) is 135 cm³/mol. The monoisotopic (exact) mass is 490 g/mol. The third-order valence-corrected chi connectivity index (χ3v) is 6.32. The number of aliphatic imine (C=N–C) groups is 1. The first-order valence-corrected chi connectivity index (χ1v) is 11.8. The Kier molecular flexibility index (Phi) is 7.57. The molecule has 3 aromatic carbocycles. The van der Waals surface area contributed by atoms with Gasteiger partial charge in [0.1, 0.15) is 11.1 Å². The van der Waals surface area contributed by atoms with Crippen LogP contribution in [0.5, 0.6) is 0 Å². The third-order valence-electron chi connectivity index (χ3n) is 5.24. The molecule has 1 fully saturated rings. The summed E-state index contributed by atoms with van der Waals surface area (Å²) < 4.78 is 13.5. The molecule has 3 amide bonds. The fourth-order valence-corrected chi connectivity index (χ4v) is 4.46. The molecule has 1 saturated heterocycles. The number of anilines is 1. The fourth-order valence-electron chi connectivity index (χ4n) is 3.47. The molecule has 2 atom stereocenters. The lowest BCUT2D eigenvalue weighted by atomic mass is 10.1. The summed E-state index contributed by atoms with van der Waals surface area (Å²) in [5.41, 5.74) is 2.13. The van der Waals surface area contributed by atoms with Crippen LogP contribution in [0.3, 0.4) is 0 Å². The Balaban J connectivity index is 1.34. The molecule has 0 bridgehead atoms. The summed E-state index contributed by atoms with van der Waals surface area (Å²) in [7, 11) is 0. The van der Waals surface area contributed by atoms with Gasteiger partial charge in [0.2, 0.25) is 11.8 Å². The van der Waals surface area contributed by atoms with Crippen LogP contribution in [0.25, 0.3) is 0 Å². The van der Waals surface area contributed by atoms with Crippen molar-refractivity contribution in [3.63, 3.8) is 0 Å². The lowest BCUT2D eigenvalue weighted by Gasteiger charge is -2.15. The smallest absolute Gasteiger partial charge is 0.251 e. The van der Waals surface area contributed by atoms with E-state index in [1.807, 2.05) is 30.3 Å². The van der Waals surface area contributed by atoms with Crippen molar-refractivity contribution >= 4 is 46.0 Å². The van der Waals surface area contributed by atoms with Crippen molar-refractivity contribution in [1.82, 2.24) is 10.6 Å². The van der Waals surface area contributed by atoms with Crippen molar-refractivity contribution < 1.29 is 18.8 Å². The van der Waals surface area contributed by atoms with E-state index in [2.05, 4.69) is 20.9 Å². The highest BCUT2D eigenvalue weighted by molar-refractivity contribution is 8.15. The lowest BCUT2D eigenvalue weighted by molar-refractivity contribution is -0.122. The number of amides is 3. The van der Waals surface area contributed by atoms with E-state index >= 15 is 0 Å². The van der Waals surface area contributed by atoms with E-state index in [1.165, 1.54) is 23.9 Å². The van der Waals surface area contributed by atoms with E-state index in [-0.39, 0.29) is 30.0 Å². The highest BCUT2D eigenvalue weighted by Gasteiger charge is 2.32. The van der Waals surface area contributed by atoms with E-state index < -0.39 is 11.3 Å². The summed E-state index contributed by atoms with van der Waals surface area (Å²) in [6.45, 7) is 1.76. The molecule has 35 heavy (non-hydrogen) atoms. The zero-order chi connectivity index (χ0) is 24.8. The molecule has 0 radical (unpaired) electrons. The molecule has 3 N–H and O–H groups in total. The zero-order valence-electron chi connectivity index (χ0n) is 18.8. The second-order valence-corrected chi connectivity index (χ2v) is 9.12. The number of nitrogens with zero attached hydrogens (tertiary/aromatic N) is 1. The van der Waals surface area contributed by atoms with Crippen molar-refractivity contribution in [1.29, 1.82) is 0 Å². The molecule has 1 aliphatic rings. The molecular weight excluding hydrogens is 467 g/mol. The number of hydrogen-bond donors (Lipinski definition) is 3. The minimum absolute atomic E-state index is 0.0443. The first kappa shape index (κ1) is 24.2. The third kappa shape index (κ3) is 6.54. The number of thioether (sulfide) groups is 1. The van der Waals surface area contributed by atoms with Gasteiger partial charge in [-0.3, -0.25) is 14.4 Å². The highest BCUT2D eigenvalue weighted by atomic mass is 32.2. The van der Waals surface area contributed by atoms with Crippen LogP contribution >= 0.6 is 11.8 Å². The number of amidine groups is 1. The van der Waals surface area contributed by atoms with E-state index in [1.54, 1.807) is 43.3 Å². The SMILES string of the molecule is CC(NC(=O)c1cccc(NC(=O)CC2SC(=Nc3ccccc3)NC2=O)c1)c1cccc(F)c1. The van der Waals surface area contributed by atoms with Gasteiger partial charge >= 0.3 is 0 Å². The molecule has 178 valence electrons. The minimum atomic E-state index is -0.601. The standard InChI is InChI=1S/C26H23FN4O3S/c1-16(17-7-5-9-19(27)13-17)28-24(33)18-8-6-12-21(14-18)29-23(32)15-22-25(34)31-26(35-22)30-20-10-3-2-4-11-20/h2-14,16,22H,15H2,1H3,(H,28,33)(H,29,32)(H,30,31,34). The van der Waals surface area contributed by atoms with Crippen molar-refractivity contribution in [2.24, 2.45) is 4.99 Å². The molecule has 1 aliphatic heterocycles. The van der Waals surface area contributed by atoms with Crippen LogP contribution in [0.1, 0.15) is 35.3 Å². The Morgan fingerprint density at radius 2 is 1.83 bits per heavy atom. The van der Waals surface area contributed by atoms with Crippen molar-refractivity contribution in [3.05, 3.63) is 95.8 Å². The quantitative estimate of drug-likeness (QED) is 0.452. The molecule has 2 unspecified atom stereocenters. The molecule has 0 spiro atoms. The number of halogens is 1. The number of nitrogens with one attached hydrogen (secondary N) is 3. The largest absolute Gasteiger partial charge is 0.346 e. The molecule has 7 nitrogen and oxygen atoms in total. The molecular formula is C26H23FN4O3S. The highest BCUT2D eigenvalue weighted by Crippen LogP contribution is 2.25. The predicted octanol–water partition coefficient (Wildman–Crippen LogP) is 4.56. The maximum Gasteiger partial charge on any atom is 0.251 e. The van der Waals surface area contributed by atoms with Crippen LogP contribution in [0, 0.1) is 5.82 Å². The van der Waals surface area contributed by atoms with Crippen molar-refractivity contribution in [2.45, 2.75) is 24.6 Å². The normalized spacial score (nSPS) is 17.0. The summed E-state index contributed by atoms with van der Waals surface area (Å²) in [6, 6.07) is 21.3. The number of carbonyl (C=O) groups excluding carboxylic acids is 3. The molecule has 1 heterocycles. The molecule has 4 rings (SSSR count). The average Bonchev–Trinajstić information content (AvgIpc) is 3.17. The first-order valence-electron chi connectivity index (χ1n) is 10.9. The van der Waals surface area contributed by atoms with Crippen molar-refractivity contribution in [2.75, 3.05) is 5.32 Å². The van der Waals surface area contributed by atoms with Gasteiger partial charge in [-0.2, -0.15) is 0 Å². The van der Waals surface area contributed by atoms with E-state index in [0.29, 0.717) is 27.7 Å². The van der Waals surface area contributed by atoms with Gasteiger partial charge in [0.05, 0.1) is 11.7 Å². The van der Waals surface area contributed by atoms with Crippen LogP contribution in [-0.4, -0.2) is 28.1 Å². The van der Waals surface area contributed by atoms with E-state index in [0.717, 1.165) is 0 Å². The van der Waals surface area contributed by atoms with Crippen LogP contribution in [0.4, 0.5) is 15.8 Å². The number of para-hydroxylation sites is 1. The summed E-state index contributed by atoms with van der Waals surface area (Å²) in [5, 5.41) is 8.11. The fraction of sp³-hybridized carbons (Fsp3) is 0.154. The molecule has 0 aromatic heterocycles. The maximum absolute atomic E-state index is 13.5. The minimum Gasteiger partial charge on any atom is -0.346 e. The van der Waals surface area contributed by atoms with Gasteiger partial charge < -0.3 is 16.0 Å².